The van der Waals surface area contributed by atoms with Gasteiger partial charge >= 0.3 is 12.0 Å². The molecular formula is C18H27N3O5S. The number of hydrogen-bond donors (Lipinski definition) is 3. The molecule has 0 unspecified atom stereocenters. The fraction of sp³-hybridized carbons (Fsp3) is 0.556. The van der Waals surface area contributed by atoms with E-state index in [2.05, 4.69) is 10.6 Å². The second kappa shape index (κ2) is 9.18. The molecule has 150 valence electrons. The van der Waals surface area contributed by atoms with Gasteiger partial charge in [-0.2, -0.15) is 0 Å². The molecule has 8 nitrogen and oxygen atoms in total. The molecule has 0 radical (unpaired) electrons. The molecular weight excluding hydrogens is 370 g/mol. The van der Waals surface area contributed by atoms with E-state index in [-0.39, 0.29) is 35.9 Å². The van der Waals surface area contributed by atoms with Crippen LogP contribution in [-0.4, -0.2) is 54.7 Å². The predicted octanol–water partition coefficient (Wildman–Crippen LogP) is 1.63. The van der Waals surface area contributed by atoms with E-state index in [0.717, 1.165) is 5.56 Å². The summed E-state index contributed by atoms with van der Waals surface area (Å²) in [5, 5.41) is 14.5. The van der Waals surface area contributed by atoms with E-state index in [4.69, 9.17) is 5.11 Å². The topological polar surface area (TPSA) is 116 Å². The lowest BCUT2D eigenvalue weighted by atomic mass is 10.1. The summed E-state index contributed by atoms with van der Waals surface area (Å²) in [4.78, 5) is 22.9. The Kier molecular flexibility index (Phi) is 7.20. The fourth-order valence-electron chi connectivity index (χ4n) is 2.99. The van der Waals surface area contributed by atoms with Gasteiger partial charge in [0.05, 0.1) is 11.3 Å². The number of carboxylic acid groups (broad SMARTS) is 1. The highest BCUT2D eigenvalue weighted by molar-refractivity contribution is 7.89. The molecule has 1 aromatic carbocycles. The van der Waals surface area contributed by atoms with Crippen molar-refractivity contribution >= 4 is 22.0 Å². The first-order chi connectivity index (χ1) is 12.7. The SMILES string of the molecule is CC(C)CS(=O)(=O)N1CCC(NC(=O)NCc2ccc(C(=O)O)cc2)CC1. The number of piperidine rings is 1. The van der Waals surface area contributed by atoms with Crippen molar-refractivity contribution in [1.82, 2.24) is 14.9 Å². The normalized spacial score (nSPS) is 16.3. The summed E-state index contributed by atoms with van der Waals surface area (Å²) in [6.07, 6.45) is 1.16. The third kappa shape index (κ3) is 6.51. The number of urea groups is 1. The molecule has 0 bridgehead atoms. The second-order valence-electron chi connectivity index (χ2n) is 7.17. The number of carboxylic acids is 1. The average Bonchev–Trinajstić information content (AvgIpc) is 2.59. The number of benzene rings is 1. The van der Waals surface area contributed by atoms with Crippen LogP contribution in [0.1, 0.15) is 42.6 Å². The molecule has 0 aliphatic carbocycles. The number of hydrogen-bond acceptors (Lipinski definition) is 4. The van der Waals surface area contributed by atoms with Crippen LogP contribution < -0.4 is 10.6 Å². The molecule has 0 spiro atoms. The van der Waals surface area contributed by atoms with E-state index < -0.39 is 16.0 Å². The van der Waals surface area contributed by atoms with Crippen molar-refractivity contribution in [2.24, 2.45) is 5.92 Å². The number of sulfonamides is 1. The fourth-order valence-corrected chi connectivity index (χ4v) is 4.81. The zero-order chi connectivity index (χ0) is 20.0. The molecule has 1 saturated heterocycles. The monoisotopic (exact) mass is 397 g/mol. The summed E-state index contributed by atoms with van der Waals surface area (Å²) in [6.45, 7) is 4.87. The van der Waals surface area contributed by atoms with Gasteiger partial charge in [-0.25, -0.2) is 22.3 Å². The van der Waals surface area contributed by atoms with Crippen LogP contribution >= 0.6 is 0 Å². The molecule has 1 aliphatic heterocycles. The van der Waals surface area contributed by atoms with Crippen molar-refractivity contribution < 1.29 is 23.1 Å². The Morgan fingerprint density at radius 3 is 2.30 bits per heavy atom. The highest BCUT2D eigenvalue weighted by atomic mass is 32.2. The molecule has 9 heteroatoms. The lowest BCUT2D eigenvalue weighted by molar-refractivity contribution is 0.0696. The molecule has 0 aromatic heterocycles. The highest BCUT2D eigenvalue weighted by Gasteiger charge is 2.29. The van der Waals surface area contributed by atoms with Crippen LogP contribution in [0, 0.1) is 5.92 Å². The highest BCUT2D eigenvalue weighted by Crippen LogP contribution is 2.16. The van der Waals surface area contributed by atoms with Crippen molar-refractivity contribution in [3.05, 3.63) is 35.4 Å². The average molecular weight is 397 g/mol. The van der Waals surface area contributed by atoms with Crippen LogP contribution in [-0.2, 0) is 16.6 Å². The first kappa shape index (κ1) is 21.2. The molecule has 1 aromatic rings. The van der Waals surface area contributed by atoms with Crippen LogP contribution in [0.15, 0.2) is 24.3 Å². The van der Waals surface area contributed by atoms with Gasteiger partial charge in [0.2, 0.25) is 10.0 Å². The zero-order valence-electron chi connectivity index (χ0n) is 15.6. The Balaban J connectivity index is 1.75. The van der Waals surface area contributed by atoms with Crippen molar-refractivity contribution in [3.8, 4) is 0 Å². The molecule has 1 heterocycles. The third-order valence-electron chi connectivity index (χ3n) is 4.38. The van der Waals surface area contributed by atoms with E-state index in [1.165, 1.54) is 16.4 Å². The van der Waals surface area contributed by atoms with Gasteiger partial charge in [0.1, 0.15) is 0 Å². The van der Waals surface area contributed by atoms with Gasteiger partial charge in [0.25, 0.3) is 0 Å². The van der Waals surface area contributed by atoms with Gasteiger partial charge in [-0.05, 0) is 36.5 Å². The maximum Gasteiger partial charge on any atom is 0.335 e. The lowest BCUT2D eigenvalue weighted by Gasteiger charge is -2.32. The summed E-state index contributed by atoms with van der Waals surface area (Å²) in [5.41, 5.74) is 0.993. The Hall–Kier alpha value is -2.13. The zero-order valence-corrected chi connectivity index (χ0v) is 16.5. The number of nitrogens with zero attached hydrogens (tertiary/aromatic N) is 1. The van der Waals surface area contributed by atoms with Crippen LogP contribution in [0.3, 0.4) is 0 Å². The summed E-state index contributed by atoms with van der Waals surface area (Å²) in [5.74, 6) is -0.762. The van der Waals surface area contributed by atoms with Crippen molar-refractivity contribution in [2.75, 3.05) is 18.8 Å². The van der Waals surface area contributed by atoms with Gasteiger partial charge in [-0.3, -0.25) is 0 Å². The molecule has 0 atom stereocenters. The van der Waals surface area contributed by atoms with Gasteiger partial charge in [0, 0.05) is 25.7 Å². The van der Waals surface area contributed by atoms with E-state index in [0.29, 0.717) is 25.9 Å². The van der Waals surface area contributed by atoms with Crippen molar-refractivity contribution in [2.45, 2.75) is 39.3 Å². The second-order valence-corrected chi connectivity index (χ2v) is 9.19. The molecule has 1 fully saturated rings. The molecule has 27 heavy (non-hydrogen) atoms. The summed E-state index contributed by atoms with van der Waals surface area (Å²) >= 11 is 0. The Morgan fingerprint density at radius 1 is 1.19 bits per heavy atom. The predicted molar refractivity (Wildman–Crippen MR) is 102 cm³/mol. The van der Waals surface area contributed by atoms with E-state index >= 15 is 0 Å². The standard InChI is InChI=1S/C18H27N3O5S/c1-13(2)12-27(25,26)21-9-7-16(8-10-21)20-18(24)19-11-14-3-5-15(6-4-14)17(22)23/h3-6,13,16H,7-12H2,1-2H3,(H,22,23)(H2,19,20,24). The maximum absolute atomic E-state index is 12.2. The smallest absolute Gasteiger partial charge is 0.335 e. The van der Waals surface area contributed by atoms with Crippen LogP contribution in [0.2, 0.25) is 0 Å². The molecule has 1 aliphatic rings. The number of carbonyl (C=O) groups is 2. The number of rotatable bonds is 7. The molecule has 2 amide bonds. The van der Waals surface area contributed by atoms with Gasteiger partial charge in [-0.1, -0.05) is 26.0 Å². The van der Waals surface area contributed by atoms with Crippen LogP contribution in [0.4, 0.5) is 4.79 Å². The minimum atomic E-state index is -3.23. The molecule has 2 rings (SSSR count). The number of nitrogens with one attached hydrogen (secondary N) is 2. The van der Waals surface area contributed by atoms with E-state index in [1.807, 2.05) is 13.8 Å². The van der Waals surface area contributed by atoms with Crippen LogP contribution in [0.25, 0.3) is 0 Å². The Bertz CT molecular complexity index is 754. The largest absolute Gasteiger partial charge is 0.478 e. The van der Waals surface area contributed by atoms with Crippen molar-refractivity contribution in [1.29, 1.82) is 0 Å². The number of amides is 2. The summed E-state index contributed by atoms with van der Waals surface area (Å²) < 4.78 is 26.0. The first-order valence-electron chi connectivity index (χ1n) is 9.02. The quantitative estimate of drug-likeness (QED) is 0.647. The van der Waals surface area contributed by atoms with Crippen LogP contribution in [0.5, 0.6) is 0 Å². The lowest BCUT2D eigenvalue weighted by Crippen LogP contribution is -2.49. The summed E-state index contributed by atoms with van der Waals surface area (Å²) in [7, 11) is -3.23. The minimum absolute atomic E-state index is 0.0649. The molecule has 0 saturated carbocycles. The van der Waals surface area contributed by atoms with Gasteiger partial charge in [0.15, 0.2) is 0 Å². The van der Waals surface area contributed by atoms with E-state index in [1.54, 1.807) is 12.1 Å². The number of carbonyl (C=O) groups excluding carboxylic acids is 1. The summed E-state index contributed by atoms with van der Waals surface area (Å²) in [6, 6.07) is 5.91. The van der Waals surface area contributed by atoms with Gasteiger partial charge in [-0.15, -0.1) is 0 Å². The van der Waals surface area contributed by atoms with Gasteiger partial charge < -0.3 is 15.7 Å². The first-order valence-corrected chi connectivity index (χ1v) is 10.6. The Labute approximate surface area is 160 Å². The number of aromatic carboxylic acids is 1. The van der Waals surface area contributed by atoms with Crippen molar-refractivity contribution in [3.63, 3.8) is 0 Å². The minimum Gasteiger partial charge on any atom is -0.478 e. The van der Waals surface area contributed by atoms with E-state index in [9.17, 15) is 18.0 Å². The Morgan fingerprint density at radius 2 is 1.78 bits per heavy atom. The third-order valence-corrected chi connectivity index (χ3v) is 6.62. The molecule has 3 N–H and O–H groups in total. The maximum atomic E-state index is 12.2.